The van der Waals surface area contributed by atoms with Crippen molar-refractivity contribution in [3.05, 3.63) is 340 Å². The molecule has 0 aliphatic carbocycles. The summed E-state index contributed by atoms with van der Waals surface area (Å²) in [6.07, 6.45) is 8.34. The molecule has 16 aromatic rings. The van der Waals surface area contributed by atoms with Crippen molar-refractivity contribution < 1.29 is 116 Å². The van der Waals surface area contributed by atoms with Crippen LogP contribution in [0, 0.1) is 23.3 Å². The number of anilines is 3. The van der Waals surface area contributed by atoms with E-state index in [0.717, 1.165) is 161 Å². The van der Waals surface area contributed by atoms with E-state index in [9.17, 15) is 47.0 Å². The molecule has 20 rings (SSSR count). The van der Waals surface area contributed by atoms with Crippen LogP contribution in [0.25, 0.3) is 89.2 Å². The number of rotatable bonds is 19. The van der Waals surface area contributed by atoms with Crippen LogP contribution in [0.2, 0.25) is 5.15 Å². The molecule has 0 bridgehead atoms. The van der Waals surface area contributed by atoms with Crippen LogP contribution in [0.3, 0.4) is 0 Å². The SMILES string of the molecule is CO.COC(=O)c1ccc2nc(Cl)c(-c3ccc(F)cc3)nc2c1.COC(=O)c1ccc2nc(N3CCC(c4ccc(OC)cc4)CC3)c(-c3ccc(F)cc3)nc2c1.COc1ccc(C2CCN(c3nc4ccc(C(=O)O)cc4nc3-c3ccc(F)cc3)CC2)cc1.COc1ccc(C2CCN(c3nc4ccc(C(=O)O)cc4nc3-c3ccc(F)cc3)CC2)cc1.COc1ccc(C2CCNCC2)cc1.[Na+].[OH-]. The van der Waals surface area contributed by atoms with Gasteiger partial charge < -0.3 is 69.2 Å². The number of hydrogen-bond donors (Lipinski definition) is 4. The summed E-state index contributed by atoms with van der Waals surface area (Å²) in [7, 11) is 10.4. The molecule has 0 atom stereocenters. The second-order valence-electron chi connectivity index (χ2n) is 33.9. The first kappa shape index (κ1) is 106. The maximum Gasteiger partial charge on any atom is 1.00 e. The van der Waals surface area contributed by atoms with Crippen LogP contribution in [0.15, 0.2) is 267 Å². The van der Waals surface area contributed by atoms with Crippen molar-refractivity contribution in [3.63, 3.8) is 0 Å². The average molecular weight is 1970 g/mol. The van der Waals surface area contributed by atoms with Crippen LogP contribution in [0.5, 0.6) is 23.0 Å². The molecular weight excluding hydrogens is 1860 g/mol. The number of hydrogen-bond acceptors (Lipinski definition) is 24. The minimum Gasteiger partial charge on any atom is -0.870 e. The van der Waals surface area contributed by atoms with Crippen LogP contribution in [0.4, 0.5) is 35.0 Å². The van der Waals surface area contributed by atoms with E-state index in [2.05, 4.69) is 95.4 Å². The largest absolute Gasteiger partial charge is 1.00 e. The predicted octanol–water partition coefficient (Wildman–Crippen LogP) is 19.1. The number of aromatic nitrogens is 8. The summed E-state index contributed by atoms with van der Waals surface area (Å²) in [5, 5.41) is 29.3. The topological polar surface area (TPSA) is 339 Å². The first-order valence-electron chi connectivity index (χ1n) is 46.1. The van der Waals surface area contributed by atoms with E-state index >= 15 is 0 Å². The summed E-state index contributed by atoms with van der Waals surface area (Å²) >= 11 is 6.15. The minimum absolute atomic E-state index is 0. The zero-order valence-electron chi connectivity index (χ0n) is 80.2. The summed E-state index contributed by atoms with van der Waals surface area (Å²) in [4.78, 5) is 91.0. The third-order valence-corrected chi connectivity index (χ3v) is 25.7. The zero-order valence-corrected chi connectivity index (χ0v) is 83.0. The number of carbonyl (C=O) groups excluding carboxylic acids is 2. The zero-order chi connectivity index (χ0) is 99.2. The number of aliphatic hydroxyl groups is 1. The van der Waals surface area contributed by atoms with Crippen molar-refractivity contribution in [1.82, 2.24) is 45.2 Å². The molecule has 26 nitrogen and oxygen atoms in total. The summed E-state index contributed by atoms with van der Waals surface area (Å²) in [6.45, 7) is 7.16. The predicted molar refractivity (Wildman–Crippen MR) is 541 cm³/mol. The van der Waals surface area contributed by atoms with Gasteiger partial charge in [-0.1, -0.05) is 60.1 Å². The third-order valence-electron chi connectivity index (χ3n) is 25.4. The Morgan fingerprint density at radius 3 is 0.790 bits per heavy atom. The van der Waals surface area contributed by atoms with Gasteiger partial charge in [0, 0.05) is 68.6 Å². The molecule has 32 heteroatoms. The van der Waals surface area contributed by atoms with Gasteiger partial charge >= 0.3 is 53.4 Å². The Bertz CT molecular complexity index is 6830. The smallest absolute Gasteiger partial charge is 0.870 e. The maximum absolute atomic E-state index is 13.6. The summed E-state index contributed by atoms with van der Waals surface area (Å²) in [5.74, 6) is 3.60. The van der Waals surface area contributed by atoms with Gasteiger partial charge in [0.15, 0.2) is 22.6 Å². The Morgan fingerprint density at radius 2 is 0.538 bits per heavy atom. The van der Waals surface area contributed by atoms with Gasteiger partial charge in [-0.15, -0.1) is 0 Å². The number of benzene rings is 12. The van der Waals surface area contributed by atoms with Gasteiger partial charge in [0.2, 0.25) is 0 Å². The molecule has 4 aromatic heterocycles. The van der Waals surface area contributed by atoms with Crippen LogP contribution < -0.4 is 68.5 Å². The molecule has 4 aliphatic heterocycles. The molecule has 0 saturated carbocycles. The van der Waals surface area contributed by atoms with Crippen molar-refractivity contribution in [1.29, 1.82) is 0 Å². The average Bonchev–Trinajstić information content (AvgIpc) is 0.771. The number of carboxylic acid groups (broad SMARTS) is 2. The van der Waals surface area contributed by atoms with Gasteiger partial charge in [0.05, 0.1) is 109 Å². The fourth-order valence-corrected chi connectivity index (χ4v) is 18.0. The molecule has 730 valence electrons. The number of methoxy groups -OCH3 is 6. The molecule has 0 amide bonds. The molecule has 0 radical (unpaired) electrons. The number of ether oxygens (including phenoxy) is 6. The van der Waals surface area contributed by atoms with Gasteiger partial charge in [-0.3, -0.25) is 0 Å². The maximum atomic E-state index is 13.6. The fraction of sp³-hybridized carbons (Fsp3) is 0.243. The van der Waals surface area contributed by atoms with Gasteiger partial charge in [-0.05, 0) is 329 Å². The number of esters is 2. The van der Waals surface area contributed by atoms with Crippen molar-refractivity contribution in [2.24, 2.45) is 0 Å². The van der Waals surface area contributed by atoms with E-state index in [4.69, 9.17) is 70.3 Å². The Balaban J connectivity index is 0.000000153. The van der Waals surface area contributed by atoms with E-state index in [1.54, 1.807) is 126 Å². The molecule has 143 heavy (non-hydrogen) atoms. The second-order valence-corrected chi connectivity index (χ2v) is 34.2. The monoisotopic (exact) mass is 1960 g/mol. The molecule has 4 fully saturated rings. The number of halogens is 5. The van der Waals surface area contributed by atoms with E-state index in [1.807, 2.05) is 36.4 Å². The Kier molecular flexibility index (Phi) is 37.1. The van der Waals surface area contributed by atoms with E-state index in [-0.39, 0.29) is 74.6 Å². The summed E-state index contributed by atoms with van der Waals surface area (Å²) in [6, 6.07) is 77.1. The summed E-state index contributed by atoms with van der Waals surface area (Å²) < 4.78 is 84.3. The van der Waals surface area contributed by atoms with Gasteiger partial charge in [-0.25, -0.2) is 76.6 Å². The number of nitrogens with zero attached hydrogens (tertiary/aromatic N) is 11. The van der Waals surface area contributed by atoms with E-state index < -0.39 is 23.9 Å². The Labute approximate surface area is 851 Å². The standard InChI is InChI=1S/C28H26FN3O3.2C27H24FN3O3.C16H10ClFN2O2.C12H17NO.CH4O.Na.H2O/c1-34-23-10-5-18(6-11-23)19-13-15-32(16-14-19)27-26(20-3-8-22(29)9-4-20)30-25-17-21(28(33)35-2)7-12-24(25)31-27;2*1-34-22-9-4-17(5-10-22)18-12-14-31(15-13-18)26-25(19-2-7-21(28)8-3-19)29-24-16-20(27(32)33)6-11-23(24)30-26;1-22-16(21)10-4-7-12-13(8-10)19-14(15(17)20-12)9-2-5-11(18)6-3-9;1-14-12-4-2-10(3-5-12)11-6-8-13-9-7-11;1-2;;/h3-12,17,19H,13-16H2,1-2H3;2*2-11,16,18H,12-15H2,1H3,(H,32,33);2-8H,1H3;2-5,11,13H,6-9H2,1H3;2H,1H3;;1H2/q;;;;;;+1;/p-1. The number of aromatic carboxylic acids is 2. The first-order valence-corrected chi connectivity index (χ1v) is 46.5. The number of piperidine rings is 4. The van der Waals surface area contributed by atoms with Crippen LogP contribution >= 0.6 is 11.6 Å². The molecule has 4 aliphatic rings. The van der Waals surface area contributed by atoms with Gasteiger partial charge in [-0.2, -0.15) is 0 Å². The van der Waals surface area contributed by atoms with Crippen molar-refractivity contribution in [2.75, 3.05) is 117 Å². The molecule has 8 heterocycles. The molecule has 0 unspecified atom stereocenters. The molecule has 4 saturated heterocycles. The number of carbonyl (C=O) groups is 4. The normalized spacial score (nSPS) is 13.8. The molecule has 5 N–H and O–H groups in total. The molecular formula is C111H106ClF4N12NaO14. The fourth-order valence-electron chi connectivity index (χ4n) is 17.7. The van der Waals surface area contributed by atoms with E-state index in [1.165, 1.54) is 122 Å². The van der Waals surface area contributed by atoms with E-state index in [0.29, 0.717) is 101 Å². The third kappa shape index (κ3) is 26.4. The van der Waals surface area contributed by atoms with Crippen LogP contribution in [-0.2, 0) is 9.47 Å². The van der Waals surface area contributed by atoms with Gasteiger partial charge in [0.1, 0.15) is 69.0 Å². The van der Waals surface area contributed by atoms with Crippen molar-refractivity contribution in [2.45, 2.75) is 75.0 Å². The quantitative estimate of drug-likeness (QED) is 0.0332. The number of nitrogens with one attached hydrogen (secondary N) is 1. The van der Waals surface area contributed by atoms with Crippen LogP contribution in [0.1, 0.15) is 139 Å². The summed E-state index contributed by atoms with van der Waals surface area (Å²) in [5.41, 5.74) is 16.3. The number of carboxylic acids is 2. The number of aliphatic hydroxyl groups excluding tert-OH is 1. The Hall–Kier alpha value is -14.6. The van der Waals surface area contributed by atoms with Gasteiger partial charge in [0.25, 0.3) is 0 Å². The number of fused-ring (bicyclic) bond motifs is 4. The van der Waals surface area contributed by atoms with Crippen molar-refractivity contribution in [3.8, 4) is 68.0 Å². The van der Waals surface area contributed by atoms with Crippen molar-refractivity contribution >= 4 is 97.1 Å². The first-order chi connectivity index (χ1) is 68.6. The Morgan fingerprint density at radius 1 is 0.308 bits per heavy atom. The van der Waals surface area contributed by atoms with Crippen LogP contribution in [-0.4, -0.2) is 187 Å². The second kappa shape index (κ2) is 50.2. The minimum atomic E-state index is -1.02. The molecule has 12 aromatic carbocycles. The molecule has 0 spiro atoms.